The number of benzene rings is 2. The number of hydrogen-bond acceptors (Lipinski definition) is 8. The summed E-state index contributed by atoms with van der Waals surface area (Å²) in [6, 6.07) is 16.9. The van der Waals surface area contributed by atoms with Gasteiger partial charge < -0.3 is 11.1 Å². The Morgan fingerprint density at radius 3 is 2.52 bits per heavy atom. The van der Waals surface area contributed by atoms with E-state index >= 15 is 0 Å². The van der Waals surface area contributed by atoms with Crippen LogP contribution in [0.3, 0.4) is 0 Å². The molecule has 0 aliphatic rings. The molecule has 2 aromatic carbocycles. The Balaban J connectivity index is 1.63. The molecule has 4 aromatic rings. The van der Waals surface area contributed by atoms with Crippen LogP contribution >= 0.6 is 11.8 Å². The largest absolute Gasteiger partial charge is 0.368 e. The lowest BCUT2D eigenvalue weighted by atomic mass is 10.2. The van der Waals surface area contributed by atoms with Crippen LogP contribution in [0.15, 0.2) is 64.5 Å². The summed E-state index contributed by atoms with van der Waals surface area (Å²) in [6.07, 6.45) is 0. The molecule has 0 aliphatic heterocycles. The molecule has 0 fully saturated rings. The minimum absolute atomic E-state index is 0.0908. The van der Waals surface area contributed by atoms with Crippen molar-refractivity contribution in [2.45, 2.75) is 17.3 Å². The lowest BCUT2D eigenvalue weighted by Crippen LogP contribution is -2.20. The Labute approximate surface area is 171 Å². The van der Waals surface area contributed by atoms with Gasteiger partial charge in [0.05, 0.1) is 16.2 Å². The molecule has 0 radical (unpaired) electrons. The molecular formula is C20H19N7OS. The molecule has 0 bridgehead atoms. The number of nitrogens with two attached hydrogens (primary N) is 1. The second kappa shape index (κ2) is 7.88. The van der Waals surface area contributed by atoms with E-state index in [1.807, 2.05) is 55.5 Å². The average molecular weight is 405 g/mol. The Hall–Kier alpha value is -3.46. The number of hydrogen-bond donors (Lipinski definition) is 2. The normalized spacial score (nSPS) is 12.1. The van der Waals surface area contributed by atoms with Crippen LogP contribution in [-0.2, 0) is 7.05 Å². The zero-order chi connectivity index (χ0) is 20.4. The van der Waals surface area contributed by atoms with E-state index in [9.17, 15) is 4.79 Å². The molecule has 1 atom stereocenters. The molecule has 0 saturated heterocycles. The Kier molecular flexibility index (Phi) is 5.13. The zero-order valence-electron chi connectivity index (χ0n) is 15.9. The van der Waals surface area contributed by atoms with Crippen LogP contribution in [-0.4, -0.2) is 24.5 Å². The molecule has 0 amide bonds. The lowest BCUT2D eigenvalue weighted by molar-refractivity contribution is 0.722. The quantitative estimate of drug-likeness (QED) is 0.384. The molecule has 0 saturated carbocycles. The molecule has 4 rings (SSSR count). The van der Waals surface area contributed by atoms with E-state index < -0.39 is 0 Å². The number of para-hydroxylation sites is 2. The number of rotatable bonds is 5. The first-order valence-corrected chi connectivity index (χ1v) is 9.85. The summed E-state index contributed by atoms with van der Waals surface area (Å²) in [4.78, 5) is 30.1. The second-order valence-corrected chi connectivity index (χ2v) is 7.71. The molecule has 0 aliphatic carbocycles. The Morgan fingerprint density at radius 2 is 1.72 bits per heavy atom. The number of anilines is 3. The highest BCUT2D eigenvalue weighted by molar-refractivity contribution is 7.99. The average Bonchev–Trinajstić information content (AvgIpc) is 2.72. The lowest BCUT2D eigenvalue weighted by Gasteiger charge is -2.14. The smallest absolute Gasteiger partial charge is 0.261 e. The molecule has 2 aromatic heterocycles. The van der Waals surface area contributed by atoms with Gasteiger partial charge in [-0.05, 0) is 31.2 Å². The standard InChI is InChI=1S/C20H19N7OS/c1-12(29-20-23-15-11-7-6-10-14(15)17(28)27(20)2)16-24-18(21)26-19(25-16)22-13-8-4-3-5-9-13/h3-12H,1-2H3,(H3,21,22,24,25,26)/t12-/m1/s1. The van der Waals surface area contributed by atoms with Crippen molar-refractivity contribution in [3.8, 4) is 0 Å². The van der Waals surface area contributed by atoms with Crippen LogP contribution in [0.2, 0.25) is 0 Å². The highest BCUT2D eigenvalue weighted by Gasteiger charge is 2.17. The van der Waals surface area contributed by atoms with E-state index in [2.05, 4.69) is 25.3 Å². The summed E-state index contributed by atoms with van der Waals surface area (Å²) in [5.41, 5.74) is 7.31. The van der Waals surface area contributed by atoms with Gasteiger partial charge in [0, 0.05) is 12.7 Å². The van der Waals surface area contributed by atoms with Crippen molar-refractivity contribution in [1.29, 1.82) is 0 Å². The van der Waals surface area contributed by atoms with Crippen molar-refractivity contribution >= 4 is 40.2 Å². The third-order valence-electron chi connectivity index (χ3n) is 4.29. The fourth-order valence-electron chi connectivity index (χ4n) is 2.81. The van der Waals surface area contributed by atoms with Crippen LogP contribution in [0, 0.1) is 0 Å². The van der Waals surface area contributed by atoms with Crippen LogP contribution in [0.1, 0.15) is 18.0 Å². The van der Waals surface area contributed by atoms with E-state index in [0.717, 1.165) is 5.69 Å². The highest BCUT2D eigenvalue weighted by atomic mass is 32.2. The van der Waals surface area contributed by atoms with Gasteiger partial charge >= 0.3 is 0 Å². The van der Waals surface area contributed by atoms with Crippen LogP contribution < -0.4 is 16.6 Å². The van der Waals surface area contributed by atoms with Crippen molar-refractivity contribution in [1.82, 2.24) is 24.5 Å². The summed E-state index contributed by atoms with van der Waals surface area (Å²) in [7, 11) is 1.71. The molecule has 146 valence electrons. The summed E-state index contributed by atoms with van der Waals surface area (Å²) in [6.45, 7) is 1.94. The van der Waals surface area contributed by atoms with E-state index in [1.165, 1.54) is 16.3 Å². The van der Waals surface area contributed by atoms with Crippen molar-refractivity contribution < 1.29 is 0 Å². The summed E-state index contributed by atoms with van der Waals surface area (Å²) in [5, 5.41) is 4.10. The van der Waals surface area contributed by atoms with Crippen molar-refractivity contribution in [3.05, 3.63) is 70.8 Å². The third kappa shape index (κ3) is 4.04. The molecule has 9 heteroatoms. The number of nitrogens with zero attached hydrogens (tertiary/aromatic N) is 5. The van der Waals surface area contributed by atoms with Gasteiger partial charge in [-0.15, -0.1) is 0 Å². The predicted molar refractivity (Wildman–Crippen MR) is 115 cm³/mol. The second-order valence-electron chi connectivity index (χ2n) is 6.40. The van der Waals surface area contributed by atoms with Gasteiger partial charge in [-0.1, -0.05) is 42.1 Å². The van der Waals surface area contributed by atoms with E-state index in [1.54, 1.807) is 13.1 Å². The first kappa shape index (κ1) is 18.9. The first-order valence-electron chi connectivity index (χ1n) is 8.97. The van der Waals surface area contributed by atoms with E-state index in [0.29, 0.717) is 27.8 Å². The maximum absolute atomic E-state index is 12.6. The predicted octanol–water partition coefficient (Wildman–Crippen LogP) is 3.30. The van der Waals surface area contributed by atoms with Crippen LogP contribution in [0.25, 0.3) is 10.9 Å². The monoisotopic (exact) mass is 405 g/mol. The third-order valence-corrected chi connectivity index (χ3v) is 5.43. The van der Waals surface area contributed by atoms with Gasteiger partial charge in [0.15, 0.2) is 5.16 Å². The number of aromatic nitrogens is 5. The minimum Gasteiger partial charge on any atom is -0.368 e. The van der Waals surface area contributed by atoms with Crippen molar-refractivity contribution in [2.75, 3.05) is 11.1 Å². The molecule has 0 unspecified atom stereocenters. The maximum atomic E-state index is 12.6. The summed E-state index contributed by atoms with van der Waals surface area (Å²) >= 11 is 1.39. The van der Waals surface area contributed by atoms with Gasteiger partial charge in [0.25, 0.3) is 5.56 Å². The fourth-order valence-corrected chi connectivity index (χ4v) is 3.73. The topological polar surface area (TPSA) is 112 Å². The van der Waals surface area contributed by atoms with Gasteiger partial charge in [-0.2, -0.15) is 15.0 Å². The number of nitrogen functional groups attached to an aromatic ring is 1. The zero-order valence-corrected chi connectivity index (χ0v) is 16.7. The molecule has 3 N–H and O–H groups in total. The van der Waals surface area contributed by atoms with Crippen LogP contribution in [0.4, 0.5) is 17.6 Å². The van der Waals surface area contributed by atoms with Crippen molar-refractivity contribution in [3.63, 3.8) is 0 Å². The van der Waals surface area contributed by atoms with Gasteiger partial charge in [-0.25, -0.2) is 4.98 Å². The maximum Gasteiger partial charge on any atom is 0.261 e. The number of fused-ring (bicyclic) bond motifs is 1. The van der Waals surface area contributed by atoms with E-state index in [-0.39, 0.29) is 16.8 Å². The first-order chi connectivity index (χ1) is 14.0. The van der Waals surface area contributed by atoms with Gasteiger partial charge in [0.1, 0.15) is 5.82 Å². The Bertz CT molecular complexity index is 1230. The van der Waals surface area contributed by atoms with E-state index in [4.69, 9.17) is 5.73 Å². The van der Waals surface area contributed by atoms with Gasteiger partial charge in [0.2, 0.25) is 11.9 Å². The number of thioether (sulfide) groups is 1. The van der Waals surface area contributed by atoms with Crippen molar-refractivity contribution in [2.24, 2.45) is 7.05 Å². The fraction of sp³-hybridized carbons (Fsp3) is 0.150. The Morgan fingerprint density at radius 1 is 1.00 bits per heavy atom. The van der Waals surface area contributed by atoms with Gasteiger partial charge in [-0.3, -0.25) is 9.36 Å². The molecule has 29 heavy (non-hydrogen) atoms. The molecule has 8 nitrogen and oxygen atoms in total. The summed E-state index contributed by atoms with van der Waals surface area (Å²) in [5.74, 6) is 0.996. The highest BCUT2D eigenvalue weighted by Crippen LogP contribution is 2.32. The van der Waals surface area contributed by atoms with Crippen LogP contribution in [0.5, 0.6) is 0 Å². The molecular weight excluding hydrogens is 386 g/mol. The minimum atomic E-state index is -0.198. The molecule has 2 heterocycles. The number of nitrogens with one attached hydrogen (secondary N) is 1. The SMILES string of the molecule is C[C@@H](Sc1nc2ccccc2c(=O)n1C)c1nc(N)nc(Nc2ccccc2)n1. The molecule has 0 spiro atoms. The summed E-state index contributed by atoms with van der Waals surface area (Å²) < 4.78 is 1.54.